The summed E-state index contributed by atoms with van der Waals surface area (Å²) in [5.74, 6) is 1.17. The second-order valence-corrected chi connectivity index (χ2v) is 6.35. The number of benzene rings is 2. The van der Waals surface area contributed by atoms with E-state index in [-0.39, 0.29) is 11.5 Å². The molecule has 1 atom stereocenters. The third kappa shape index (κ3) is 3.77. The van der Waals surface area contributed by atoms with Crippen LogP contribution >= 0.6 is 0 Å². The van der Waals surface area contributed by atoms with Crippen LogP contribution in [0.15, 0.2) is 54.6 Å². The number of rotatable bonds is 4. The third-order valence-electron chi connectivity index (χ3n) is 3.75. The van der Waals surface area contributed by atoms with Gasteiger partial charge in [-0.05, 0) is 51.1 Å². The smallest absolute Gasteiger partial charge is 0.265 e. The van der Waals surface area contributed by atoms with Crippen LogP contribution in [0.25, 0.3) is 6.08 Å². The first kappa shape index (κ1) is 16.1. The van der Waals surface area contributed by atoms with Crippen molar-refractivity contribution < 1.29 is 14.3 Å². The molecule has 4 heteroatoms. The number of para-hydroxylation sites is 1. The molecule has 0 fully saturated rings. The van der Waals surface area contributed by atoms with Gasteiger partial charge < -0.3 is 14.8 Å². The van der Waals surface area contributed by atoms with Crippen molar-refractivity contribution in [3.05, 3.63) is 60.2 Å². The molecule has 124 valence electrons. The summed E-state index contributed by atoms with van der Waals surface area (Å²) in [7, 11) is 0. The van der Waals surface area contributed by atoms with E-state index in [1.807, 2.05) is 74.5 Å². The number of fused-ring (bicyclic) bond motifs is 1. The molecule has 24 heavy (non-hydrogen) atoms. The summed E-state index contributed by atoms with van der Waals surface area (Å²) in [6.07, 6.45) is 3.44. The summed E-state index contributed by atoms with van der Waals surface area (Å²) in [5, 5.41) is 2.83. The van der Waals surface area contributed by atoms with Crippen molar-refractivity contribution in [2.24, 2.45) is 0 Å². The molecule has 0 unspecified atom stereocenters. The predicted octanol–water partition coefficient (Wildman–Crippen LogP) is 4.28. The zero-order chi connectivity index (χ0) is 17.2. The van der Waals surface area contributed by atoms with Crippen LogP contribution in [-0.2, 0) is 4.79 Å². The highest BCUT2D eigenvalue weighted by atomic mass is 16.5. The van der Waals surface area contributed by atoms with Gasteiger partial charge in [-0.1, -0.05) is 24.3 Å². The van der Waals surface area contributed by atoms with Gasteiger partial charge in [-0.15, -0.1) is 0 Å². The van der Waals surface area contributed by atoms with Crippen molar-refractivity contribution in [2.45, 2.75) is 32.5 Å². The Balaban J connectivity index is 1.68. The topological polar surface area (TPSA) is 47.6 Å². The largest absolute Gasteiger partial charge is 0.483 e. The molecule has 1 heterocycles. The lowest BCUT2D eigenvalue weighted by atomic mass is 10.0. The number of hydrogen-bond donors (Lipinski definition) is 1. The second kappa shape index (κ2) is 6.40. The molecule has 0 radical (unpaired) electrons. The van der Waals surface area contributed by atoms with Crippen LogP contribution in [0.5, 0.6) is 11.5 Å². The summed E-state index contributed by atoms with van der Waals surface area (Å²) >= 11 is 0. The molecule has 1 amide bonds. The van der Waals surface area contributed by atoms with Crippen LogP contribution in [0.4, 0.5) is 5.69 Å². The standard InChI is InChI=1S/C20H21NO3/c1-14(19(22)21-16-7-5-4-6-8-16)23-17-10-9-15-11-12-20(2,3)24-18(15)13-17/h4-14H,1-3H3,(H,21,22)/t14-/m1/s1. The molecule has 1 aliphatic heterocycles. The first-order chi connectivity index (χ1) is 11.4. The van der Waals surface area contributed by atoms with Crippen molar-refractivity contribution in [2.75, 3.05) is 5.32 Å². The van der Waals surface area contributed by atoms with Gasteiger partial charge in [-0.3, -0.25) is 4.79 Å². The summed E-state index contributed by atoms with van der Waals surface area (Å²) in [4.78, 5) is 12.2. The molecule has 0 aliphatic carbocycles. The van der Waals surface area contributed by atoms with E-state index in [0.29, 0.717) is 5.75 Å². The Labute approximate surface area is 142 Å². The molecule has 1 N–H and O–H groups in total. The van der Waals surface area contributed by atoms with Crippen LogP contribution in [0, 0.1) is 0 Å². The van der Waals surface area contributed by atoms with Crippen molar-refractivity contribution in [3.8, 4) is 11.5 Å². The van der Waals surface area contributed by atoms with Crippen LogP contribution < -0.4 is 14.8 Å². The highest BCUT2D eigenvalue weighted by Gasteiger charge is 2.22. The third-order valence-corrected chi connectivity index (χ3v) is 3.75. The van der Waals surface area contributed by atoms with Crippen LogP contribution in [0.1, 0.15) is 26.3 Å². The average Bonchev–Trinajstić information content (AvgIpc) is 2.54. The first-order valence-electron chi connectivity index (χ1n) is 7.98. The minimum Gasteiger partial charge on any atom is -0.483 e. The summed E-state index contributed by atoms with van der Waals surface area (Å²) < 4.78 is 11.7. The number of hydrogen-bond acceptors (Lipinski definition) is 3. The fourth-order valence-corrected chi connectivity index (χ4v) is 2.44. The van der Waals surface area contributed by atoms with E-state index in [9.17, 15) is 4.79 Å². The van der Waals surface area contributed by atoms with Crippen molar-refractivity contribution >= 4 is 17.7 Å². The molecule has 0 aromatic heterocycles. The van der Waals surface area contributed by atoms with Gasteiger partial charge in [0.05, 0.1) is 0 Å². The Morgan fingerprint density at radius 1 is 1.17 bits per heavy atom. The molecule has 3 rings (SSSR count). The van der Waals surface area contributed by atoms with E-state index in [0.717, 1.165) is 17.0 Å². The summed E-state index contributed by atoms with van der Waals surface area (Å²) in [6, 6.07) is 14.9. The quantitative estimate of drug-likeness (QED) is 0.913. The van der Waals surface area contributed by atoms with E-state index in [2.05, 4.69) is 5.32 Å². The average molecular weight is 323 g/mol. The number of carbonyl (C=O) groups excluding carboxylic acids is 1. The molecule has 0 saturated heterocycles. The van der Waals surface area contributed by atoms with Gasteiger partial charge in [-0.25, -0.2) is 0 Å². The van der Waals surface area contributed by atoms with Gasteiger partial charge in [0.25, 0.3) is 5.91 Å². The van der Waals surface area contributed by atoms with Gasteiger partial charge in [0.15, 0.2) is 6.10 Å². The van der Waals surface area contributed by atoms with Gasteiger partial charge in [0.1, 0.15) is 17.1 Å². The molecule has 2 aromatic rings. The minimum atomic E-state index is -0.615. The van der Waals surface area contributed by atoms with Gasteiger partial charge >= 0.3 is 0 Å². The predicted molar refractivity (Wildman–Crippen MR) is 95.3 cm³/mol. The summed E-state index contributed by atoms with van der Waals surface area (Å²) in [5.41, 5.74) is 1.41. The van der Waals surface area contributed by atoms with Crippen LogP contribution in [-0.4, -0.2) is 17.6 Å². The van der Waals surface area contributed by atoms with Gasteiger partial charge in [0.2, 0.25) is 0 Å². The molecule has 4 nitrogen and oxygen atoms in total. The first-order valence-corrected chi connectivity index (χ1v) is 7.98. The normalized spacial score (nSPS) is 15.8. The molecule has 0 saturated carbocycles. The Hall–Kier alpha value is -2.75. The van der Waals surface area contributed by atoms with Crippen molar-refractivity contribution in [3.63, 3.8) is 0 Å². The maximum atomic E-state index is 12.2. The maximum absolute atomic E-state index is 12.2. The van der Waals surface area contributed by atoms with E-state index in [1.165, 1.54) is 0 Å². The fraction of sp³-hybridized carbons (Fsp3) is 0.250. The summed E-state index contributed by atoms with van der Waals surface area (Å²) in [6.45, 7) is 5.72. The second-order valence-electron chi connectivity index (χ2n) is 6.35. The fourth-order valence-electron chi connectivity index (χ4n) is 2.44. The monoisotopic (exact) mass is 323 g/mol. The van der Waals surface area contributed by atoms with E-state index < -0.39 is 6.10 Å². The molecule has 0 spiro atoms. The number of nitrogens with one attached hydrogen (secondary N) is 1. The van der Waals surface area contributed by atoms with E-state index >= 15 is 0 Å². The Morgan fingerprint density at radius 2 is 1.92 bits per heavy atom. The van der Waals surface area contributed by atoms with Crippen LogP contribution in [0.2, 0.25) is 0 Å². The molecular formula is C20H21NO3. The lowest BCUT2D eigenvalue weighted by Crippen LogP contribution is -2.30. The SMILES string of the molecule is C[C@@H](Oc1ccc2c(c1)OC(C)(C)C=C2)C(=O)Nc1ccccc1. The van der Waals surface area contributed by atoms with Crippen molar-refractivity contribution in [1.82, 2.24) is 0 Å². The maximum Gasteiger partial charge on any atom is 0.265 e. The number of amides is 1. The van der Waals surface area contributed by atoms with Gasteiger partial charge in [-0.2, -0.15) is 0 Å². The zero-order valence-corrected chi connectivity index (χ0v) is 14.1. The highest BCUT2D eigenvalue weighted by molar-refractivity contribution is 5.94. The lowest BCUT2D eigenvalue weighted by Gasteiger charge is -2.28. The number of carbonyl (C=O) groups is 1. The number of anilines is 1. The molecule has 1 aliphatic rings. The Bertz CT molecular complexity index is 766. The number of ether oxygens (including phenoxy) is 2. The Kier molecular flexibility index (Phi) is 4.30. The molecule has 2 aromatic carbocycles. The van der Waals surface area contributed by atoms with Gasteiger partial charge in [0, 0.05) is 17.3 Å². The molecular weight excluding hydrogens is 302 g/mol. The van der Waals surface area contributed by atoms with Crippen LogP contribution in [0.3, 0.4) is 0 Å². The molecule has 0 bridgehead atoms. The van der Waals surface area contributed by atoms with Crippen molar-refractivity contribution in [1.29, 1.82) is 0 Å². The highest BCUT2D eigenvalue weighted by Crippen LogP contribution is 2.34. The minimum absolute atomic E-state index is 0.194. The zero-order valence-electron chi connectivity index (χ0n) is 14.1. The van der Waals surface area contributed by atoms with E-state index in [4.69, 9.17) is 9.47 Å². The lowest BCUT2D eigenvalue weighted by molar-refractivity contribution is -0.122. The Morgan fingerprint density at radius 3 is 2.67 bits per heavy atom. The van der Waals surface area contributed by atoms with E-state index in [1.54, 1.807) is 6.92 Å².